The number of anilines is 1. The molecule has 2 aliphatic heterocycles. The first-order valence-electron chi connectivity index (χ1n) is 11.5. The van der Waals surface area contributed by atoms with Gasteiger partial charge in [-0.3, -0.25) is 0 Å². The first-order valence-corrected chi connectivity index (χ1v) is 11.5. The summed E-state index contributed by atoms with van der Waals surface area (Å²) in [5.74, 6) is 0.456. The molecule has 2 aliphatic rings. The van der Waals surface area contributed by atoms with Crippen LogP contribution in [0.25, 0.3) is 0 Å². The van der Waals surface area contributed by atoms with Gasteiger partial charge in [0.05, 0.1) is 13.2 Å². The maximum absolute atomic E-state index is 11.8. The number of carbonyl (C=O) groups is 1. The van der Waals surface area contributed by atoms with Crippen molar-refractivity contribution in [3.63, 3.8) is 0 Å². The van der Waals surface area contributed by atoms with Crippen LogP contribution in [0.2, 0.25) is 0 Å². The summed E-state index contributed by atoms with van der Waals surface area (Å²) in [5, 5.41) is 3.29. The molecular weight excluding hydrogens is 402 g/mol. The van der Waals surface area contributed by atoms with Crippen LogP contribution in [0.3, 0.4) is 0 Å². The highest BCUT2D eigenvalue weighted by Crippen LogP contribution is 2.28. The maximum Gasteiger partial charge on any atom is 0.409 e. The lowest BCUT2D eigenvalue weighted by molar-refractivity contribution is 0.0963. The molecule has 170 valence electrons. The van der Waals surface area contributed by atoms with Crippen molar-refractivity contribution >= 4 is 17.7 Å². The summed E-state index contributed by atoms with van der Waals surface area (Å²) in [6, 6.07) is 17.5. The van der Waals surface area contributed by atoms with E-state index in [0.29, 0.717) is 32.2 Å². The third-order valence-corrected chi connectivity index (χ3v) is 6.18. The second kappa shape index (κ2) is 10.4. The molecule has 2 heterocycles. The van der Waals surface area contributed by atoms with Crippen LogP contribution in [0.5, 0.6) is 0 Å². The number of aliphatic imine (C=N–C) groups is 1. The zero-order valence-corrected chi connectivity index (χ0v) is 18.8. The van der Waals surface area contributed by atoms with Crippen LogP contribution < -0.4 is 16.0 Å². The summed E-state index contributed by atoms with van der Waals surface area (Å²) in [6.07, 6.45) is 2.56. The van der Waals surface area contributed by atoms with Crippen molar-refractivity contribution in [3.05, 3.63) is 65.2 Å². The van der Waals surface area contributed by atoms with Crippen LogP contribution in [0.4, 0.5) is 10.5 Å². The van der Waals surface area contributed by atoms with Gasteiger partial charge in [0, 0.05) is 37.9 Å². The molecule has 0 bridgehead atoms. The SMILES string of the molecule is CCOC(=O)N1CCC(NC(N)=NCc2ccc(CN3CCc4ccccc43)cc2)CC1. The Hall–Kier alpha value is -3.22. The number of hydrogen-bond donors (Lipinski definition) is 2. The fourth-order valence-electron chi connectivity index (χ4n) is 4.39. The predicted octanol–water partition coefficient (Wildman–Crippen LogP) is 3.27. The van der Waals surface area contributed by atoms with Gasteiger partial charge in [-0.05, 0) is 48.9 Å². The summed E-state index contributed by atoms with van der Waals surface area (Å²) < 4.78 is 5.06. The number of guanidine groups is 1. The number of fused-ring (bicyclic) bond motifs is 1. The number of ether oxygens (including phenoxy) is 1. The summed E-state index contributed by atoms with van der Waals surface area (Å²) in [4.78, 5) is 20.5. The van der Waals surface area contributed by atoms with E-state index in [1.807, 2.05) is 6.92 Å². The quantitative estimate of drug-likeness (QED) is 0.538. The lowest BCUT2D eigenvalue weighted by Gasteiger charge is -2.31. The van der Waals surface area contributed by atoms with Crippen molar-refractivity contribution in [2.75, 3.05) is 31.1 Å². The Morgan fingerprint density at radius 3 is 2.56 bits per heavy atom. The Morgan fingerprint density at radius 2 is 1.81 bits per heavy atom. The highest BCUT2D eigenvalue weighted by Gasteiger charge is 2.23. The second-order valence-electron chi connectivity index (χ2n) is 8.42. The van der Waals surface area contributed by atoms with Crippen LogP contribution in [-0.4, -0.2) is 49.2 Å². The number of rotatable bonds is 6. The van der Waals surface area contributed by atoms with Crippen LogP contribution in [-0.2, 0) is 24.2 Å². The van der Waals surface area contributed by atoms with E-state index in [-0.39, 0.29) is 12.1 Å². The summed E-state index contributed by atoms with van der Waals surface area (Å²) in [7, 11) is 0. The number of nitrogens with two attached hydrogens (primary N) is 1. The molecule has 0 spiro atoms. The van der Waals surface area contributed by atoms with Crippen molar-refractivity contribution in [2.45, 2.75) is 45.3 Å². The van der Waals surface area contributed by atoms with Crippen molar-refractivity contribution < 1.29 is 9.53 Å². The molecule has 2 aromatic carbocycles. The van der Waals surface area contributed by atoms with Crippen molar-refractivity contribution in [3.8, 4) is 0 Å². The van der Waals surface area contributed by atoms with E-state index in [9.17, 15) is 4.79 Å². The number of amides is 1. The molecule has 7 heteroatoms. The Bertz CT molecular complexity index is 936. The van der Waals surface area contributed by atoms with E-state index < -0.39 is 0 Å². The first-order chi connectivity index (χ1) is 15.6. The molecule has 0 aliphatic carbocycles. The summed E-state index contributed by atoms with van der Waals surface area (Å²) in [6.45, 7) is 6.13. The Morgan fingerprint density at radius 1 is 1.09 bits per heavy atom. The number of benzene rings is 2. The average Bonchev–Trinajstić information content (AvgIpc) is 3.22. The van der Waals surface area contributed by atoms with Gasteiger partial charge in [-0.25, -0.2) is 9.79 Å². The summed E-state index contributed by atoms with van der Waals surface area (Å²) in [5.41, 5.74) is 11.3. The molecular formula is C25H33N5O2. The van der Waals surface area contributed by atoms with E-state index in [1.54, 1.807) is 4.90 Å². The lowest BCUT2D eigenvalue weighted by atomic mass is 10.1. The number of carbonyl (C=O) groups excluding carboxylic acids is 1. The van der Waals surface area contributed by atoms with Gasteiger partial charge in [-0.2, -0.15) is 0 Å². The third-order valence-electron chi connectivity index (χ3n) is 6.18. The van der Waals surface area contributed by atoms with Gasteiger partial charge >= 0.3 is 6.09 Å². The topological polar surface area (TPSA) is 83.2 Å². The van der Waals surface area contributed by atoms with Crippen LogP contribution in [0.15, 0.2) is 53.5 Å². The van der Waals surface area contributed by atoms with Gasteiger partial charge < -0.3 is 25.6 Å². The fraction of sp³-hybridized carbons (Fsp3) is 0.440. The lowest BCUT2D eigenvalue weighted by Crippen LogP contribution is -2.48. The van der Waals surface area contributed by atoms with E-state index in [1.165, 1.54) is 16.8 Å². The van der Waals surface area contributed by atoms with Gasteiger partial charge in [0.1, 0.15) is 0 Å². The zero-order chi connectivity index (χ0) is 22.3. The molecule has 1 saturated heterocycles. The normalized spacial score (nSPS) is 16.7. The molecule has 1 amide bonds. The molecule has 2 aromatic rings. The van der Waals surface area contributed by atoms with Gasteiger partial charge in [0.15, 0.2) is 5.96 Å². The maximum atomic E-state index is 11.8. The molecule has 0 aromatic heterocycles. The van der Waals surface area contributed by atoms with Gasteiger partial charge in [0.2, 0.25) is 0 Å². The minimum Gasteiger partial charge on any atom is -0.450 e. The molecule has 32 heavy (non-hydrogen) atoms. The first kappa shape index (κ1) is 22.0. The molecule has 0 radical (unpaired) electrons. The number of piperidine rings is 1. The average molecular weight is 436 g/mol. The fourth-order valence-corrected chi connectivity index (χ4v) is 4.39. The number of likely N-dealkylation sites (tertiary alicyclic amines) is 1. The van der Waals surface area contributed by atoms with E-state index in [4.69, 9.17) is 10.5 Å². The monoisotopic (exact) mass is 435 g/mol. The number of nitrogens with zero attached hydrogens (tertiary/aromatic N) is 3. The highest BCUT2D eigenvalue weighted by atomic mass is 16.6. The largest absolute Gasteiger partial charge is 0.450 e. The Balaban J connectivity index is 1.23. The number of nitrogens with one attached hydrogen (secondary N) is 1. The van der Waals surface area contributed by atoms with Crippen molar-refractivity contribution in [1.29, 1.82) is 0 Å². The van der Waals surface area contributed by atoms with Crippen molar-refractivity contribution in [1.82, 2.24) is 10.2 Å². The van der Waals surface area contributed by atoms with Crippen LogP contribution in [0, 0.1) is 0 Å². The minimum atomic E-state index is -0.232. The molecule has 1 fully saturated rings. The van der Waals surface area contributed by atoms with E-state index in [2.05, 4.69) is 63.7 Å². The third kappa shape index (κ3) is 5.52. The smallest absolute Gasteiger partial charge is 0.409 e. The Kier molecular flexibility index (Phi) is 7.14. The highest BCUT2D eigenvalue weighted by molar-refractivity contribution is 5.78. The zero-order valence-electron chi connectivity index (χ0n) is 18.8. The standard InChI is InChI=1S/C25H33N5O2/c1-2-32-25(31)29-15-12-22(13-16-29)28-24(26)27-17-19-7-9-20(10-8-19)18-30-14-11-21-5-3-4-6-23(21)30/h3-10,22H,2,11-18H2,1H3,(H3,26,27,28). The van der Waals surface area contributed by atoms with Gasteiger partial charge in [-0.1, -0.05) is 42.5 Å². The van der Waals surface area contributed by atoms with E-state index >= 15 is 0 Å². The van der Waals surface area contributed by atoms with E-state index in [0.717, 1.165) is 37.9 Å². The minimum absolute atomic E-state index is 0.232. The van der Waals surface area contributed by atoms with Crippen molar-refractivity contribution in [2.24, 2.45) is 10.7 Å². The molecule has 0 saturated carbocycles. The molecule has 0 atom stereocenters. The molecule has 7 nitrogen and oxygen atoms in total. The van der Waals surface area contributed by atoms with Gasteiger partial charge in [-0.15, -0.1) is 0 Å². The second-order valence-corrected chi connectivity index (χ2v) is 8.42. The number of hydrogen-bond acceptors (Lipinski definition) is 4. The molecule has 4 rings (SSSR count). The molecule has 0 unspecified atom stereocenters. The van der Waals surface area contributed by atoms with Crippen LogP contribution >= 0.6 is 0 Å². The van der Waals surface area contributed by atoms with Gasteiger partial charge in [0.25, 0.3) is 0 Å². The predicted molar refractivity (Wildman–Crippen MR) is 128 cm³/mol. The Labute approximate surface area is 190 Å². The van der Waals surface area contributed by atoms with Crippen LogP contribution in [0.1, 0.15) is 36.5 Å². The number of para-hydroxylation sites is 1. The molecule has 3 N–H and O–H groups in total. The summed E-state index contributed by atoms with van der Waals surface area (Å²) >= 11 is 0.